The minimum Gasteiger partial charge on any atom is -0.396 e. The molecule has 0 spiro atoms. The summed E-state index contributed by atoms with van der Waals surface area (Å²) >= 11 is 0. The fourth-order valence-corrected chi connectivity index (χ4v) is 1.74. The SMILES string of the molecule is OCCC(=CCNONCC=C(CCO)CCO)CCO. The first-order valence-corrected chi connectivity index (χ1v) is 7.19. The van der Waals surface area contributed by atoms with Crippen LogP contribution in [0, 0.1) is 0 Å². The maximum Gasteiger partial charge on any atom is 0.0468 e. The normalized spacial score (nSPS) is 10.5. The zero-order valence-electron chi connectivity index (χ0n) is 12.4. The first-order valence-electron chi connectivity index (χ1n) is 7.19. The van der Waals surface area contributed by atoms with E-state index < -0.39 is 0 Å². The van der Waals surface area contributed by atoms with E-state index in [2.05, 4.69) is 11.0 Å². The van der Waals surface area contributed by atoms with Gasteiger partial charge in [-0.3, -0.25) is 0 Å². The lowest BCUT2D eigenvalue weighted by molar-refractivity contribution is -0.0270. The van der Waals surface area contributed by atoms with Gasteiger partial charge in [-0.1, -0.05) is 23.3 Å². The third-order valence-corrected chi connectivity index (χ3v) is 2.82. The summed E-state index contributed by atoms with van der Waals surface area (Å²) < 4.78 is 0. The lowest BCUT2D eigenvalue weighted by Gasteiger charge is -2.07. The number of aliphatic hydroxyl groups excluding tert-OH is 4. The average Bonchev–Trinajstić information content (AvgIpc) is 2.47. The highest BCUT2D eigenvalue weighted by atomic mass is 16.8. The van der Waals surface area contributed by atoms with E-state index in [4.69, 9.17) is 25.4 Å². The monoisotopic (exact) mass is 304 g/mol. The molecule has 6 N–H and O–H groups in total. The van der Waals surface area contributed by atoms with Gasteiger partial charge in [0.05, 0.1) is 0 Å². The molecule has 0 heterocycles. The van der Waals surface area contributed by atoms with Crippen LogP contribution >= 0.6 is 0 Å². The Morgan fingerprint density at radius 1 is 0.667 bits per heavy atom. The molecular weight excluding hydrogens is 276 g/mol. The molecule has 0 saturated carbocycles. The third kappa shape index (κ3) is 12.6. The Labute approximate surface area is 125 Å². The lowest BCUT2D eigenvalue weighted by atomic mass is 10.1. The predicted octanol–water partition coefficient (Wildman–Crippen LogP) is -0.605. The van der Waals surface area contributed by atoms with Crippen molar-refractivity contribution in [2.24, 2.45) is 0 Å². The number of rotatable bonds is 14. The van der Waals surface area contributed by atoms with E-state index >= 15 is 0 Å². The molecule has 0 radical (unpaired) electrons. The Kier molecular flexibility index (Phi) is 15.0. The summed E-state index contributed by atoms with van der Waals surface area (Å²) in [7, 11) is 0. The van der Waals surface area contributed by atoms with Crippen LogP contribution in [0.5, 0.6) is 0 Å². The van der Waals surface area contributed by atoms with Crippen molar-refractivity contribution >= 4 is 0 Å². The van der Waals surface area contributed by atoms with Crippen LogP contribution in [0.1, 0.15) is 25.7 Å². The summed E-state index contributed by atoms with van der Waals surface area (Å²) in [5.74, 6) is 0. The van der Waals surface area contributed by atoms with Crippen LogP contribution in [0.2, 0.25) is 0 Å². The second-order valence-electron chi connectivity index (χ2n) is 4.42. The van der Waals surface area contributed by atoms with E-state index in [1.165, 1.54) is 0 Å². The molecule has 7 nitrogen and oxygen atoms in total. The number of hydrogen-bond donors (Lipinski definition) is 6. The van der Waals surface area contributed by atoms with Gasteiger partial charge >= 0.3 is 0 Å². The molecule has 0 bridgehead atoms. The molecule has 0 aliphatic rings. The van der Waals surface area contributed by atoms with Crippen LogP contribution in [0.3, 0.4) is 0 Å². The van der Waals surface area contributed by atoms with Crippen molar-refractivity contribution in [3.63, 3.8) is 0 Å². The van der Waals surface area contributed by atoms with Gasteiger partial charge < -0.3 is 20.4 Å². The van der Waals surface area contributed by atoms with Crippen molar-refractivity contribution in [1.82, 2.24) is 11.0 Å². The maximum atomic E-state index is 8.85. The van der Waals surface area contributed by atoms with E-state index in [0.717, 1.165) is 11.1 Å². The molecule has 0 aliphatic heterocycles. The highest BCUT2D eigenvalue weighted by molar-refractivity contribution is 5.03. The molecule has 0 saturated heterocycles. The molecule has 0 aromatic rings. The Bertz CT molecular complexity index is 251. The van der Waals surface area contributed by atoms with Crippen molar-refractivity contribution in [3.8, 4) is 0 Å². The van der Waals surface area contributed by atoms with Crippen molar-refractivity contribution in [2.75, 3.05) is 39.5 Å². The minimum absolute atomic E-state index is 0.0637. The van der Waals surface area contributed by atoms with Gasteiger partial charge in [0.1, 0.15) is 0 Å². The van der Waals surface area contributed by atoms with Crippen molar-refractivity contribution in [1.29, 1.82) is 0 Å². The van der Waals surface area contributed by atoms with Crippen LogP contribution in [-0.4, -0.2) is 59.9 Å². The molecule has 0 aromatic heterocycles. The smallest absolute Gasteiger partial charge is 0.0468 e. The lowest BCUT2D eigenvalue weighted by Crippen LogP contribution is -2.26. The highest BCUT2D eigenvalue weighted by Gasteiger charge is 1.97. The largest absolute Gasteiger partial charge is 0.396 e. The number of aliphatic hydroxyl groups is 4. The Balaban J connectivity index is 3.78. The summed E-state index contributed by atoms with van der Waals surface area (Å²) in [6.45, 7) is 1.18. The first kappa shape index (κ1) is 20.2. The van der Waals surface area contributed by atoms with Crippen LogP contribution in [0.4, 0.5) is 0 Å². The standard InChI is InChI=1S/C14H28N2O5/c17-9-3-13(4-10-18)1-7-15-21-16-8-2-14(5-11-19)6-12-20/h1-2,15-20H,3-12H2. The Morgan fingerprint density at radius 3 is 1.29 bits per heavy atom. The third-order valence-electron chi connectivity index (χ3n) is 2.82. The number of hydroxylamine groups is 2. The van der Waals surface area contributed by atoms with E-state index in [-0.39, 0.29) is 26.4 Å². The summed E-state index contributed by atoms with van der Waals surface area (Å²) in [6.07, 6.45) is 5.92. The van der Waals surface area contributed by atoms with Crippen LogP contribution in [-0.2, 0) is 4.94 Å². The second kappa shape index (κ2) is 15.6. The molecule has 0 amide bonds. The molecule has 0 aromatic carbocycles. The quantitative estimate of drug-likeness (QED) is 0.144. The highest BCUT2D eigenvalue weighted by Crippen LogP contribution is 2.05. The van der Waals surface area contributed by atoms with Gasteiger partial charge in [0.15, 0.2) is 0 Å². The van der Waals surface area contributed by atoms with Gasteiger partial charge in [0, 0.05) is 39.5 Å². The zero-order chi connectivity index (χ0) is 15.8. The molecule has 124 valence electrons. The van der Waals surface area contributed by atoms with Gasteiger partial charge in [-0.25, -0.2) is 4.94 Å². The zero-order valence-corrected chi connectivity index (χ0v) is 12.4. The number of hydrogen-bond acceptors (Lipinski definition) is 7. The molecule has 0 unspecified atom stereocenters. The topological polar surface area (TPSA) is 114 Å². The van der Waals surface area contributed by atoms with Crippen LogP contribution < -0.4 is 11.0 Å². The van der Waals surface area contributed by atoms with Crippen molar-refractivity contribution in [3.05, 3.63) is 23.3 Å². The van der Waals surface area contributed by atoms with E-state index in [0.29, 0.717) is 38.8 Å². The first-order chi connectivity index (χ1) is 10.3. The van der Waals surface area contributed by atoms with Gasteiger partial charge in [0.2, 0.25) is 0 Å². The van der Waals surface area contributed by atoms with Gasteiger partial charge in [-0.05, 0) is 25.7 Å². The summed E-state index contributed by atoms with van der Waals surface area (Å²) in [5.41, 5.74) is 7.34. The maximum absolute atomic E-state index is 8.85. The summed E-state index contributed by atoms with van der Waals surface area (Å²) in [4.78, 5) is 5.01. The molecule has 0 fully saturated rings. The number of nitrogens with one attached hydrogen (secondary N) is 2. The fraction of sp³-hybridized carbons (Fsp3) is 0.714. The second-order valence-corrected chi connectivity index (χ2v) is 4.42. The predicted molar refractivity (Wildman–Crippen MR) is 80.1 cm³/mol. The molecular formula is C14H28N2O5. The van der Waals surface area contributed by atoms with Crippen molar-refractivity contribution < 1.29 is 25.4 Å². The van der Waals surface area contributed by atoms with Gasteiger partial charge in [-0.2, -0.15) is 11.0 Å². The van der Waals surface area contributed by atoms with Crippen LogP contribution in [0.25, 0.3) is 0 Å². The van der Waals surface area contributed by atoms with Crippen LogP contribution in [0.15, 0.2) is 23.3 Å². The van der Waals surface area contributed by atoms with Crippen molar-refractivity contribution in [2.45, 2.75) is 25.7 Å². The molecule has 0 aliphatic carbocycles. The fourth-order valence-electron chi connectivity index (χ4n) is 1.74. The summed E-state index contributed by atoms with van der Waals surface area (Å²) in [6, 6.07) is 0. The molecule has 21 heavy (non-hydrogen) atoms. The van der Waals surface area contributed by atoms with E-state index in [1.807, 2.05) is 12.2 Å². The Morgan fingerprint density at radius 2 is 1.00 bits per heavy atom. The van der Waals surface area contributed by atoms with Gasteiger partial charge in [-0.15, -0.1) is 0 Å². The van der Waals surface area contributed by atoms with E-state index in [1.54, 1.807) is 0 Å². The molecule has 7 heteroatoms. The molecule has 0 atom stereocenters. The van der Waals surface area contributed by atoms with E-state index in [9.17, 15) is 0 Å². The Hall–Kier alpha value is -0.800. The van der Waals surface area contributed by atoms with Gasteiger partial charge in [0.25, 0.3) is 0 Å². The average molecular weight is 304 g/mol. The molecule has 0 rings (SSSR count). The summed E-state index contributed by atoms with van der Waals surface area (Å²) in [5, 5.41) is 35.4. The minimum atomic E-state index is 0.0637.